The van der Waals surface area contributed by atoms with Gasteiger partial charge in [-0.05, 0) is 61.6 Å². The smallest absolute Gasteiger partial charge is 0.243 e. The van der Waals surface area contributed by atoms with E-state index in [0.717, 1.165) is 29.7 Å². The van der Waals surface area contributed by atoms with Crippen molar-refractivity contribution < 1.29 is 17.9 Å². The van der Waals surface area contributed by atoms with Crippen molar-refractivity contribution in [2.75, 3.05) is 19.7 Å². The molecule has 1 aliphatic heterocycles. The lowest BCUT2D eigenvalue weighted by atomic mass is 10.1. The molecule has 1 saturated heterocycles. The number of hydrogen-bond acceptors (Lipinski definition) is 4. The fraction of sp³-hybridized carbons (Fsp3) is 0.409. The van der Waals surface area contributed by atoms with E-state index in [4.69, 9.17) is 4.74 Å². The van der Waals surface area contributed by atoms with E-state index in [-0.39, 0.29) is 5.91 Å². The lowest BCUT2D eigenvalue weighted by molar-refractivity contribution is -0.121. The van der Waals surface area contributed by atoms with Gasteiger partial charge in [-0.2, -0.15) is 4.31 Å². The van der Waals surface area contributed by atoms with Crippen LogP contribution in [0, 0.1) is 0 Å². The van der Waals surface area contributed by atoms with Crippen LogP contribution in [0.2, 0.25) is 0 Å². The standard InChI is InChI=1S/C22H28N2O4S/c1-2-28-20-10-5-18(6-11-20)9-14-22(25)23-17-19-7-12-21(13-8-19)29(26,27)24-15-3-4-16-24/h5-8,10-13H,2-4,9,14-17H2,1H3,(H,23,25). The highest BCUT2D eigenvalue weighted by Gasteiger charge is 2.26. The third kappa shape index (κ3) is 5.81. The van der Waals surface area contributed by atoms with Gasteiger partial charge in [0.1, 0.15) is 5.75 Å². The molecule has 0 atom stereocenters. The summed E-state index contributed by atoms with van der Waals surface area (Å²) in [6.07, 6.45) is 2.89. The average Bonchev–Trinajstić information content (AvgIpc) is 3.28. The molecule has 156 valence electrons. The van der Waals surface area contributed by atoms with Gasteiger partial charge in [-0.15, -0.1) is 0 Å². The summed E-state index contributed by atoms with van der Waals surface area (Å²) in [6, 6.07) is 14.5. The van der Waals surface area contributed by atoms with Crippen LogP contribution < -0.4 is 10.1 Å². The Morgan fingerprint density at radius 3 is 2.24 bits per heavy atom. The zero-order valence-corrected chi connectivity index (χ0v) is 17.6. The fourth-order valence-corrected chi connectivity index (χ4v) is 4.84. The number of sulfonamides is 1. The number of benzene rings is 2. The van der Waals surface area contributed by atoms with Crippen molar-refractivity contribution in [3.05, 3.63) is 59.7 Å². The van der Waals surface area contributed by atoms with Crippen LogP contribution in [-0.2, 0) is 27.8 Å². The first-order valence-corrected chi connectivity index (χ1v) is 11.5. The van der Waals surface area contributed by atoms with Gasteiger partial charge in [-0.1, -0.05) is 24.3 Å². The van der Waals surface area contributed by atoms with Crippen LogP contribution in [-0.4, -0.2) is 38.3 Å². The van der Waals surface area contributed by atoms with Gasteiger partial charge in [0.2, 0.25) is 15.9 Å². The van der Waals surface area contributed by atoms with E-state index in [0.29, 0.717) is 44.0 Å². The molecule has 7 heteroatoms. The number of ether oxygens (including phenoxy) is 1. The molecule has 1 amide bonds. The Hall–Kier alpha value is -2.38. The molecule has 0 spiro atoms. The number of amides is 1. The van der Waals surface area contributed by atoms with E-state index in [1.807, 2.05) is 31.2 Å². The van der Waals surface area contributed by atoms with Crippen LogP contribution in [0.3, 0.4) is 0 Å². The van der Waals surface area contributed by atoms with Crippen LogP contribution in [0.1, 0.15) is 37.3 Å². The molecule has 3 rings (SSSR count). The minimum absolute atomic E-state index is 0.0346. The van der Waals surface area contributed by atoms with Crippen molar-refractivity contribution in [3.8, 4) is 5.75 Å². The average molecular weight is 417 g/mol. The Labute approximate surface area is 172 Å². The third-order valence-corrected chi connectivity index (χ3v) is 6.90. The molecule has 1 heterocycles. The monoisotopic (exact) mass is 416 g/mol. The molecule has 0 bridgehead atoms. The lowest BCUT2D eigenvalue weighted by Crippen LogP contribution is -2.28. The molecular weight excluding hydrogens is 388 g/mol. The highest BCUT2D eigenvalue weighted by Crippen LogP contribution is 2.21. The summed E-state index contributed by atoms with van der Waals surface area (Å²) in [4.78, 5) is 12.4. The predicted octanol–water partition coefficient (Wildman–Crippen LogP) is 3.12. The number of aryl methyl sites for hydroxylation is 1. The first-order valence-electron chi connectivity index (χ1n) is 10.1. The van der Waals surface area contributed by atoms with Crippen molar-refractivity contribution in [3.63, 3.8) is 0 Å². The topological polar surface area (TPSA) is 75.7 Å². The van der Waals surface area contributed by atoms with Gasteiger partial charge in [0.15, 0.2) is 0 Å². The van der Waals surface area contributed by atoms with Crippen LogP contribution in [0.15, 0.2) is 53.4 Å². The Bertz CT molecular complexity index is 903. The largest absolute Gasteiger partial charge is 0.494 e. The van der Waals surface area contributed by atoms with Crippen molar-refractivity contribution in [2.45, 2.75) is 44.0 Å². The lowest BCUT2D eigenvalue weighted by Gasteiger charge is -2.15. The summed E-state index contributed by atoms with van der Waals surface area (Å²) in [5.41, 5.74) is 1.96. The minimum atomic E-state index is -3.40. The van der Waals surface area contributed by atoms with E-state index in [9.17, 15) is 13.2 Å². The Balaban J connectivity index is 1.46. The summed E-state index contributed by atoms with van der Waals surface area (Å²) >= 11 is 0. The molecule has 29 heavy (non-hydrogen) atoms. The van der Waals surface area contributed by atoms with Crippen LogP contribution in [0.5, 0.6) is 5.75 Å². The number of carbonyl (C=O) groups excluding carboxylic acids is 1. The van der Waals surface area contributed by atoms with Gasteiger partial charge in [-0.3, -0.25) is 4.79 Å². The molecule has 0 unspecified atom stereocenters. The Morgan fingerprint density at radius 1 is 1.00 bits per heavy atom. The number of hydrogen-bond donors (Lipinski definition) is 1. The zero-order valence-electron chi connectivity index (χ0n) is 16.8. The van der Waals surface area contributed by atoms with E-state index < -0.39 is 10.0 Å². The normalized spacial score (nSPS) is 14.7. The molecule has 0 aliphatic carbocycles. The van der Waals surface area contributed by atoms with E-state index in [2.05, 4.69) is 5.32 Å². The number of nitrogens with zero attached hydrogens (tertiary/aromatic N) is 1. The van der Waals surface area contributed by atoms with E-state index >= 15 is 0 Å². The van der Waals surface area contributed by atoms with Crippen LogP contribution in [0.25, 0.3) is 0 Å². The van der Waals surface area contributed by atoms with Gasteiger partial charge in [0.25, 0.3) is 0 Å². The molecular formula is C22H28N2O4S. The molecule has 1 fully saturated rings. The maximum absolute atomic E-state index is 12.5. The van der Waals surface area contributed by atoms with Crippen molar-refractivity contribution in [1.82, 2.24) is 9.62 Å². The van der Waals surface area contributed by atoms with Gasteiger partial charge in [0, 0.05) is 26.1 Å². The molecule has 0 saturated carbocycles. The van der Waals surface area contributed by atoms with E-state index in [1.165, 1.54) is 4.31 Å². The summed E-state index contributed by atoms with van der Waals surface area (Å²) in [7, 11) is -3.40. The van der Waals surface area contributed by atoms with Gasteiger partial charge < -0.3 is 10.1 Å². The maximum atomic E-state index is 12.5. The zero-order chi connectivity index (χ0) is 20.7. The second-order valence-corrected chi connectivity index (χ2v) is 9.05. The Morgan fingerprint density at radius 2 is 1.62 bits per heavy atom. The second-order valence-electron chi connectivity index (χ2n) is 7.11. The molecule has 0 aromatic heterocycles. The van der Waals surface area contributed by atoms with Crippen molar-refractivity contribution >= 4 is 15.9 Å². The number of rotatable bonds is 9. The third-order valence-electron chi connectivity index (χ3n) is 4.99. The van der Waals surface area contributed by atoms with Gasteiger partial charge in [-0.25, -0.2) is 8.42 Å². The molecule has 0 radical (unpaired) electrons. The first-order chi connectivity index (χ1) is 14.0. The summed E-state index contributed by atoms with van der Waals surface area (Å²) < 4.78 is 32.0. The summed E-state index contributed by atoms with van der Waals surface area (Å²) in [5.74, 6) is 0.795. The minimum Gasteiger partial charge on any atom is -0.494 e. The molecule has 2 aromatic carbocycles. The van der Waals surface area contributed by atoms with Gasteiger partial charge >= 0.3 is 0 Å². The maximum Gasteiger partial charge on any atom is 0.243 e. The fourth-order valence-electron chi connectivity index (χ4n) is 3.32. The molecule has 1 aliphatic rings. The second kappa shape index (κ2) is 9.89. The summed E-state index contributed by atoms with van der Waals surface area (Å²) in [6.45, 7) is 4.14. The van der Waals surface area contributed by atoms with E-state index in [1.54, 1.807) is 24.3 Å². The molecule has 6 nitrogen and oxygen atoms in total. The number of carbonyl (C=O) groups is 1. The van der Waals surface area contributed by atoms with Crippen molar-refractivity contribution in [1.29, 1.82) is 0 Å². The SMILES string of the molecule is CCOc1ccc(CCC(=O)NCc2ccc(S(=O)(=O)N3CCCC3)cc2)cc1. The first kappa shape index (κ1) is 21.3. The summed E-state index contributed by atoms with van der Waals surface area (Å²) in [5, 5.41) is 2.89. The quantitative estimate of drug-likeness (QED) is 0.681. The van der Waals surface area contributed by atoms with Crippen molar-refractivity contribution in [2.24, 2.45) is 0 Å². The molecule has 1 N–H and O–H groups in total. The van der Waals surface area contributed by atoms with Crippen LogP contribution in [0.4, 0.5) is 0 Å². The van der Waals surface area contributed by atoms with Crippen LogP contribution >= 0.6 is 0 Å². The Kier molecular flexibility index (Phi) is 7.28. The highest BCUT2D eigenvalue weighted by atomic mass is 32.2. The number of nitrogens with one attached hydrogen (secondary N) is 1. The highest BCUT2D eigenvalue weighted by molar-refractivity contribution is 7.89. The molecule has 2 aromatic rings. The van der Waals surface area contributed by atoms with Gasteiger partial charge in [0.05, 0.1) is 11.5 Å². The predicted molar refractivity (Wildman–Crippen MR) is 112 cm³/mol.